The zero-order valence-corrected chi connectivity index (χ0v) is 16.9. The number of hydrogen-bond donors (Lipinski definition) is 0. The largest absolute Gasteiger partial charge is 0.103 e. The Bertz CT molecular complexity index is 343. The van der Waals surface area contributed by atoms with Crippen molar-refractivity contribution in [1.82, 2.24) is 0 Å². The molecule has 0 aromatic heterocycles. The summed E-state index contributed by atoms with van der Waals surface area (Å²) in [6.45, 7) is 25.3. The molecule has 0 heteroatoms. The van der Waals surface area contributed by atoms with Crippen LogP contribution in [0.25, 0.3) is 0 Å². The maximum absolute atomic E-state index is 4.02. The minimum absolute atomic E-state index is 0.325. The Morgan fingerprint density at radius 2 is 1.50 bits per heavy atom. The van der Waals surface area contributed by atoms with Crippen LogP contribution in [0.15, 0.2) is 24.8 Å². The maximum atomic E-state index is 4.02. The van der Waals surface area contributed by atoms with Crippen molar-refractivity contribution in [2.45, 2.75) is 81.6 Å². The molecule has 130 valence electrons. The van der Waals surface area contributed by atoms with Gasteiger partial charge in [0.2, 0.25) is 0 Å². The van der Waals surface area contributed by atoms with Gasteiger partial charge in [-0.1, -0.05) is 80.5 Å². The lowest BCUT2D eigenvalue weighted by molar-refractivity contribution is 0.164. The van der Waals surface area contributed by atoms with E-state index in [4.69, 9.17) is 0 Å². The molecule has 0 radical (unpaired) electrons. The van der Waals surface area contributed by atoms with E-state index in [0.29, 0.717) is 34.5 Å². The molecule has 0 amide bonds. The van der Waals surface area contributed by atoms with Crippen LogP contribution in [0.5, 0.6) is 0 Å². The summed E-state index contributed by atoms with van der Waals surface area (Å²) in [6.07, 6.45) is 10.7. The first-order chi connectivity index (χ1) is 10.0. The molecular weight excluding hydrogens is 264 g/mol. The zero-order chi connectivity index (χ0) is 17.6. The van der Waals surface area contributed by atoms with Crippen LogP contribution in [-0.2, 0) is 0 Å². The molecule has 0 aromatic carbocycles. The van der Waals surface area contributed by atoms with Crippen molar-refractivity contribution in [2.24, 2.45) is 34.5 Å². The van der Waals surface area contributed by atoms with Gasteiger partial charge in [-0.25, -0.2) is 0 Å². The summed E-state index contributed by atoms with van der Waals surface area (Å²) in [5.74, 6) is 2.66. The van der Waals surface area contributed by atoms with Crippen LogP contribution in [0.4, 0.5) is 0 Å². The first-order valence-electron chi connectivity index (χ1n) is 9.33. The number of rotatable bonds is 10. The highest BCUT2D eigenvalue weighted by atomic mass is 14.4. The minimum atomic E-state index is 0.325. The van der Waals surface area contributed by atoms with Crippen LogP contribution >= 0.6 is 0 Å². The predicted octanol–water partition coefficient (Wildman–Crippen LogP) is 7.52. The van der Waals surface area contributed by atoms with Crippen molar-refractivity contribution in [3.05, 3.63) is 24.8 Å². The third-order valence-electron chi connectivity index (χ3n) is 6.54. The Labute approximate surface area is 141 Å². The third kappa shape index (κ3) is 5.60. The molecular formula is C22H42. The normalized spacial score (nSPS) is 17.7. The van der Waals surface area contributed by atoms with E-state index >= 15 is 0 Å². The van der Waals surface area contributed by atoms with Crippen molar-refractivity contribution in [3.8, 4) is 0 Å². The topological polar surface area (TPSA) is 0 Å². The van der Waals surface area contributed by atoms with Crippen molar-refractivity contribution in [1.29, 1.82) is 0 Å². The molecule has 0 bridgehead atoms. The monoisotopic (exact) mass is 306 g/mol. The molecule has 22 heavy (non-hydrogen) atoms. The Balaban J connectivity index is 4.91. The highest BCUT2D eigenvalue weighted by Crippen LogP contribution is 2.40. The van der Waals surface area contributed by atoms with Crippen molar-refractivity contribution >= 4 is 0 Å². The molecule has 0 fully saturated rings. The highest BCUT2D eigenvalue weighted by Gasteiger charge is 2.31. The molecule has 0 rings (SSSR count). The first kappa shape index (κ1) is 21.5. The average Bonchev–Trinajstić information content (AvgIpc) is 2.44. The fourth-order valence-corrected chi connectivity index (χ4v) is 3.36. The molecule has 3 atom stereocenters. The molecule has 0 saturated heterocycles. The van der Waals surface area contributed by atoms with E-state index in [9.17, 15) is 0 Å². The van der Waals surface area contributed by atoms with Gasteiger partial charge >= 0.3 is 0 Å². The van der Waals surface area contributed by atoms with E-state index in [0.717, 1.165) is 6.42 Å². The van der Waals surface area contributed by atoms with Gasteiger partial charge in [0.1, 0.15) is 0 Å². The second kappa shape index (κ2) is 8.94. The predicted molar refractivity (Wildman–Crippen MR) is 103 cm³/mol. The van der Waals surface area contributed by atoms with Crippen LogP contribution in [0.2, 0.25) is 0 Å². The van der Waals surface area contributed by atoms with E-state index in [1.165, 1.54) is 12.8 Å². The summed E-state index contributed by atoms with van der Waals surface area (Å²) in [5, 5.41) is 0. The van der Waals surface area contributed by atoms with Crippen LogP contribution in [0, 0.1) is 34.5 Å². The van der Waals surface area contributed by atoms with E-state index < -0.39 is 0 Å². The lowest BCUT2D eigenvalue weighted by Gasteiger charge is -2.37. The molecule has 0 aliphatic carbocycles. The molecule has 0 saturated carbocycles. The molecule has 0 heterocycles. The lowest BCUT2D eigenvalue weighted by Crippen LogP contribution is -2.29. The standard InChI is InChI=1S/C22H42/c1-11-19(12-2)18(6)21(7,8)16-14-15-20(13-3)22(9,10)17(4)5/h11,14-15,17-20H,1,12-13,16H2,2-10H3. The van der Waals surface area contributed by atoms with Crippen molar-refractivity contribution < 1.29 is 0 Å². The molecule has 0 aromatic rings. The van der Waals surface area contributed by atoms with Gasteiger partial charge in [0.05, 0.1) is 0 Å². The quantitative estimate of drug-likeness (QED) is 0.366. The second-order valence-electron chi connectivity index (χ2n) is 8.71. The van der Waals surface area contributed by atoms with Gasteiger partial charge in [-0.15, -0.1) is 6.58 Å². The Kier molecular flexibility index (Phi) is 8.73. The SMILES string of the molecule is C=CC(CC)C(C)C(C)(C)CC=CC(CC)C(C)(C)C(C)C. The summed E-state index contributed by atoms with van der Waals surface area (Å²) >= 11 is 0. The minimum Gasteiger partial charge on any atom is -0.103 e. The van der Waals surface area contributed by atoms with Gasteiger partial charge in [-0.05, 0) is 53.8 Å². The summed E-state index contributed by atoms with van der Waals surface area (Å²) in [6, 6.07) is 0. The molecule has 0 N–H and O–H groups in total. The van der Waals surface area contributed by atoms with Crippen molar-refractivity contribution in [3.63, 3.8) is 0 Å². The average molecular weight is 307 g/mol. The van der Waals surface area contributed by atoms with Gasteiger partial charge in [0.25, 0.3) is 0 Å². The smallest absolute Gasteiger partial charge is 0.0182 e. The molecule has 0 aliphatic heterocycles. The Morgan fingerprint density at radius 1 is 0.955 bits per heavy atom. The molecule has 3 unspecified atom stereocenters. The van der Waals surface area contributed by atoms with Crippen LogP contribution < -0.4 is 0 Å². The highest BCUT2D eigenvalue weighted by molar-refractivity contribution is 4.99. The van der Waals surface area contributed by atoms with Gasteiger partial charge < -0.3 is 0 Å². The van der Waals surface area contributed by atoms with E-state index in [1.807, 2.05) is 0 Å². The van der Waals surface area contributed by atoms with E-state index in [2.05, 4.69) is 87.1 Å². The van der Waals surface area contributed by atoms with Crippen LogP contribution in [0.3, 0.4) is 0 Å². The fraction of sp³-hybridized carbons (Fsp3) is 0.818. The lowest BCUT2D eigenvalue weighted by atomic mass is 9.68. The third-order valence-corrected chi connectivity index (χ3v) is 6.54. The summed E-state index contributed by atoms with van der Waals surface area (Å²) in [7, 11) is 0. The van der Waals surface area contributed by atoms with Gasteiger partial charge in [0, 0.05) is 0 Å². The van der Waals surface area contributed by atoms with E-state index in [-0.39, 0.29) is 0 Å². The van der Waals surface area contributed by atoms with Crippen molar-refractivity contribution in [2.75, 3.05) is 0 Å². The molecule has 0 nitrogen and oxygen atoms in total. The summed E-state index contributed by atoms with van der Waals surface area (Å²) in [5.41, 5.74) is 0.694. The fourth-order valence-electron chi connectivity index (χ4n) is 3.36. The van der Waals surface area contributed by atoms with Crippen LogP contribution in [-0.4, -0.2) is 0 Å². The Morgan fingerprint density at radius 3 is 1.86 bits per heavy atom. The van der Waals surface area contributed by atoms with Crippen LogP contribution in [0.1, 0.15) is 81.6 Å². The molecule has 0 aliphatic rings. The molecule has 0 spiro atoms. The Hall–Kier alpha value is -0.520. The first-order valence-corrected chi connectivity index (χ1v) is 9.33. The van der Waals surface area contributed by atoms with E-state index in [1.54, 1.807) is 0 Å². The van der Waals surface area contributed by atoms with Gasteiger partial charge in [-0.3, -0.25) is 0 Å². The maximum Gasteiger partial charge on any atom is -0.0182 e. The van der Waals surface area contributed by atoms with Gasteiger partial charge in [-0.2, -0.15) is 0 Å². The summed E-state index contributed by atoms with van der Waals surface area (Å²) in [4.78, 5) is 0. The summed E-state index contributed by atoms with van der Waals surface area (Å²) < 4.78 is 0. The number of hydrogen-bond acceptors (Lipinski definition) is 0. The van der Waals surface area contributed by atoms with Gasteiger partial charge in [0.15, 0.2) is 0 Å². The second-order valence-corrected chi connectivity index (χ2v) is 8.71. The zero-order valence-electron chi connectivity index (χ0n) is 16.9. The number of allylic oxidation sites excluding steroid dienone is 3.